The number of amides is 1. The van der Waals surface area contributed by atoms with E-state index in [2.05, 4.69) is 5.32 Å². The maximum Gasteiger partial charge on any atom is 0.344 e. The third-order valence-corrected chi connectivity index (χ3v) is 6.84. The Morgan fingerprint density at radius 3 is 2.55 bits per heavy atom. The van der Waals surface area contributed by atoms with Gasteiger partial charge in [-0.15, -0.1) is 0 Å². The number of carbonyl (C=O) groups is 1. The minimum absolute atomic E-state index is 0.0341. The van der Waals surface area contributed by atoms with Crippen LogP contribution in [-0.2, 0) is 14.6 Å². The number of nitrogens with one attached hydrogen (secondary N) is 1. The van der Waals surface area contributed by atoms with Crippen LogP contribution in [0.3, 0.4) is 0 Å². The largest absolute Gasteiger partial charge is 0.497 e. The lowest BCUT2D eigenvalue weighted by Crippen LogP contribution is -2.38. The summed E-state index contributed by atoms with van der Waals surface area (Å²) >= 11 is 0. The lowest BCUT2D eigenvalue weighted by atomic mass is 10.1. The molecule has 0 spiro atoms. The highest BCUT2D eigenvalue weighted by Gasteiger charge is 2.28. The third kappa shape index (κ3) is 4.88. The van der Waals surface area contributed by atoms with Crippen LogP contribution in [0.4, 0.5) is 0 Å². The number of hydrogen-bond donors (Lipinski definition) is 1. The van der Waals surface area contributed by atoms with Crippen molar-refractivity contribution in [3.8, 4) is 22.6 Å². The van der Waals surface area contributed by atoms with E-state index in [9.17, 15) is 18.0 Å². The Morgan fingerprint density at radius 2 is 1.87 bits per heavy atom. The second-order valence-electron chi connectivity index (χ2n) is 7.33. The number of hydrogen-bond acceptors (Lipinski definition) is 7. The molecule has 1 atom stereocenters. The summed E-state index contributed by atoms with van der Waals surface area (Å²) in [4.78, 5) is 24.4. The van der Waals surface area contributed by atoms with Gasteiger partial charge in [-0.05, 0) is 48.4 Å². The highest BCUT2D eigenvalue weighted by atomic mass is 32.2. The van der Waals surface area contributed by atoms with E-state index in [4.69, 9.17) is 13.9 Å². The van der Waals surface area contributed by atoms with Crippen molar-refractivity contribution in [2.75, 3.05) is 25.2 Å². The SMILES string of the molecule is COc1ccc2oc(=O)c(-c3ccc(OCC(=O)N[C@@H]4CCS(=O)(=O)C4)cc3)cc2c1. The van der Waals surface area contributed by atoms with Crippen LogP contribution in [0.5, 0.6) is 11.5 Å². The van der Waals surface area contributed by atoms with Crippen LogP contribution in [0.25, 0.3) is 22.1 Å². The van der Waals surface area contributed by atoms with Crippen LogP contribution in [0.2, 0.25) is 0 Å². The first-order chi connectivity index (χ1) is 14.8. The lowest BCUT2D eigenvalue weighted by Gasteiger charge is -2.12. The van der Waals surface area contributed by atoms with E-state index < -0.39 is 15.5 Å². The molecule has 1 fully saturated rings. The number of sulfone groups is 1. The number of carbonyl (C=O) groups excluding carboxylic acids is 1. The highest BCUT2D eigenvalue weighted by Crippen LogP contribution is 2.25. The Morgan fingerprint density at radius 1 is 1.13 bits per heavy atom. The first-order valence-electron chi connectivity index (χ1n) is 9.68. The van der Waals surface area contributed by atoms with E-state index in [-0.39, 0.29) is 30.1 Å². The van der Waals surface area contributed by atoms with Gasteiger partial charge in [0.25, 0.3) is 5.91 Å². The average Bonchev–Trinajstić information content (AvgIpc) is 3.10. The number of benzene rings is 2. The van der Waals surface area contributed by atoms with Gasteiger partial charge in [-0.2, -0.15) is 0 Å². The quantitative estimate of drug-likeness (QED) is 0.581. The third-order valence-electron chi connectivity index (χ3n) is 5.07. The first kappa shape index (κ1) is 20.9. The topological polar surface area (TPSA) is 112 Å². The molecule has 1 N–H and O–H groups in total. The van der Waals surface area contributed by atoms with E-state index in [1.54, 1.807) is 55.6 Å². The van der Waals surface area contributed by atoms with Crippen LogP contribution in [0, 0.1) is 0 Å². The zero-order valence-electron chi connectivity index (χ0n) is 16.8. The molecule has 0 saturated carbocycles. The summed E-state index contributed by atoms with van der Waals surface area (Å²) in [5.41, 5.74) is 1.05. The Labute approximate surface area is 178 Å². The van der Waals surface area contributed by atoms with E-state index in [1.165, 1.54) is 0 Å². The summed E-state index contributed by atoms with van der Waals surface area (Å²) in [5.74, 6) is 0.785. The number of rotatable bonds is 6. The van der Waals surface area contributed by atoms with Crippen molar-refractivity contribution in [2.45, 2.75) is 12.5 Å². The molecule has 4 rings (SSSR count). The summed E-state index contributed by atoms with van der Waals surface area (Å²) < 4.78 is 39.0. The van der Waals surface area contributed by atoms with Crippen molar-refractivity contribution in [1.29, 1.82) is 0 Å². The van der Waals surface area contributed by atoms with Gasteiger partial charge < -0.3 is 19.2 Å². The molecule has 1 amide bonds. The van der Waals surface area contributed by atoms with E-state index in [1.807, 2.05) is 0 Å². The molecule has 1 aromatic heterocycles. The Balaban J connectivity index is 1.43. The fourth-order valence-corrected chi connectivity index (χ4v) is 5.16. The second-order valence-corrected chi connectivity index (χ2v) is 9.56. The first-order valence-corrected chi connectivity index (χ1v) is 11.5. The van der Waals surface area contributed by atoms with Gasteiger partial charge >= 0.3 is 5.63 Å². The standard InChI is InChI=1S/C22H21NO7S/c1-28-18-6-7-20-15(10-18)11-19(22(25)30-20)14-2-4-17(5-3-14)29-12-21(24)23-16-8-9-31(26,27)13-16/h2-7,10-11,16H,8-9,12-13H2,1H3,(H,23,24)/t16-/m1/s1. The Bertz CT molecular complexity index is 1280. The summed E-state index contributed by atoms with van der Waals surface area (Å²) in [5, 5.41) is 3.40. The van der Waals surface area contributed by atoms with Crippen molar-refractivity contribution < 1.29 is 27.1 Å². The minimum atomic E-state index is -3.06. The minimum Gasteiger partial charge on any atom is -0.497 e. The molecule has 31 heavy (non-hydrogen) atoms. The molecule has 0 radical (unpaired) electrons. The van der Waals surface area contributed by atoms with E-state index in [0.29, 0.717) is 34.6 Å². The van der Waals surface area contributed by atoms with Gasteiger partial charge in [0, 0.05) is 11.4 Å². The molecule has 162 valence electrons. The molecule has 1 aliphatic rings. The molecule has 0 aliphatic carbocycles. The van der Waals surface area contributed by atoms with Gasteiger partial charge in [-0.3, -0.25) is 4.79 Å². The summed E-state index contributed by atoms with van der Waals surface area (Å²) in [6.07, 6.45) is 0.420. The predicted molar refractivity (Wildman–Crippen MR) is 115 cm³/mol. The monoisotopic (exact) mass is 443 g/mol. The highest BCUT2D eigenvalue weighted by molar-refractivity contribution is 7.91. The molecular weight excluding hydrogens is 422 g/mol. The van der Waals surface area contributed by atoms with Crippen LogP contribution in [-0.4, -0.2) is 45.6 Å². The van der Waals surface area contributed by atoms with Crippen LogP contribution >= 0.6 is 0 Å². The van der Waals surface area contributed by atoms with Gasteiger partial charge in [-0.1, -0.05) is 12.1 Å². The fourth-order valence-electron chi connectivity index (χ4n) is 3.49. The molecule has 3 aromatic rings. The molecular formula is C22H21NO7S. The van der Waals surface area contributed by atoms with Crippen molar-refractivity contribution in [3.05, 3.63) is 59.0 Å². The van der Waals surface area contributed by atoms with E-state index >= 15 is 0 Å². The molecule has 0 unspecified atom stereocenters. The predicted octanol–water partition coefficient (Wildman–Crippen LogP) is 2.15. The smallest absolute Gasteiger partial charge is 0.344 e. The Hall–Kier alpha value is -3.33. The molecule has 9 heteroatoms. The van der Waals surface area contributed by atoms with Crippen molar-refractivity contribution in [3.63, 3.8) is 0 Å². The van der Waals surface area contributed by atoms with Gasteiger partial charge in [0.1, 0.15) is 17.1 Å². The second kappa shape index (κ2) is 8.43. The zero-order valence-corrected chi connectivity index (χ0v) is 17.6. The van der Waals surface area contributed by atoms with E-state index in [0.717, 1.165) is 5.39 Å². The van der Waals surface area contributed by atoms with Gasteiger partial charge in [-0.25, -0.2) is 13.2 Å². The van der Waals surface area contributed by atoms with Crippen LogP contribution in [0.1, 0.15) is 6.42 Å². The summed E-state index contributed by atoms with van der Waals surface area (Å²) in [6, 6.07) is 13.3. The Kier molecular flexibility index (Phi) is 5.69. The molecule has 2 aromatic carbocycles. The van der Waals surface area contributed by atoms with Crippen molar-refractivity contribution >= 4 is 26.7 Å². The normalized spacial score (nSPS) is 17.4. The molecule has 2 heterocycles. The molecule has 8 nitrogen and oxygen atoms in total. The summed E-state index contributed by atoms with van der Waals surface area (Å²) in [7, 11) is -1.49. The number of methoxy groups -OCH3 is 1. The summed E-state index contributed by atoms with van der Waals surface area (Å²) in [6.45, 7) is -0.228. The van der Waals surface area contributed by atoms with Crippen molar-refractivity contribution in [2.24, 2.45) is 0 Å². The number of fused-ring (bicyclic) bond motifs is 1. The fraction of sp³-hybridized carbons (Fsp3) is 0.273. The molecule has 1 saturated heterocycles. The van der Waals surface area contributed by atoms with Crippen molar-refractivity contribution in [1.82, 2.24) is 5.32 Å². The average molecular weight is 443 g/mol. The van der Waals surface area contributed by atoms with Gasteiger partial charge in [0.05, 0.1) is 24.2 Å². The lowest BCUT2D eigenvalue weighted by molar-refractivity contribution is -0.123. The van der Waals surface area contributed by atoms with Crippen LogP contribution < -0.4 is 20.4 Å². The van der Waals surface area contributed by atoms with Gasteiger partial charge in [0.2, 0.25) is 0 Å². The van der Waals surface area contributed by atoms with Crippen LogP contribution in [0.15, 0.2) is 57.7 Å². The molecule has 0 bridgehead atoms. The maximum absolute atomic E-state index is 12.4. The number of ether oxygens (including phenoxy) is 2. The zero-order chi connectivity index (χ0) is 22.0. The van der Waals surface area contributed by atoms with Gasteiger partial charge in [0.15, 0.2) is 16.4 Å². The molecule has 1 aliphatic heterocycles. The maximum atomic E-state index is 12.4.